The Kier molecular flexibility index (Phi) is 3.25. The number of hydrogen-bond donors (Lipinski definition) is 2. The molecular formula is C12H9ClN2O2. The third kappa shape index (κ3) is 2.73. The van der Waals surface area contributed by atoms with E-state index in [4.69, 9.17) is 16.7 Å². The molecule has 5 heteroatoms. The van der Waals surface area contributed by atoms with Crippen molar-refractivity contribution in [1.29, 1.82) is 0 Å². The minimum Gasteiger partial charge on any atom is -0.508 e. The van der Waals surface area contributed by atoms with Crippen molar-refractivity contribution in [3.63, 3.8) is 0 Å². The molecule has 0 spiro atoms. The van der Waals surface area contributed by atoms with Crippen LogP contribution in [0.5, 0.6) is 5.75 Å². The van der Waals surface area contributed by atoms with Crippen LogP contribution in [0.15, 0.2) is 36.5 Å². The van der Waals surface area contributed by atoms with E-state index in [1.807, 2.05) is 0 Å². The fourth-order valence-electron chi connectivity index (χ4n) is 1.34. The monoisotopic (exact) mass is 248 g/mol. The van der Waals surface area contributed by atoms with Crippen LogP contribution in [-0.4, -0.2) is 16.4 Å². The van der Waals surface area contributed by atoms with Crippen LogP contribution in [-0.2, 0) is 0 Å². The molecule has 86 valence electrons. The normalized spacial score (nSPS) is 9.94. The van der Waals surface area contributed by atoms with Crippen LogP contribution in [0.4, 0.5) is 11.4 Å². The highest BCUT2D eigenvalue weighted by Gasteiger charge is 2.04. The Morgan fingerprint density at radius 1 is 1.29 bits per heavy atom. The topological polar surface area (TPSA) is 62.2 Å². The Labute approximate surface area is 103 Å². The second-order valence-corrected chi connectivity index (χ2v) is 3.77. The number of phenols is 1. The number of anilines is 2. The molecule has 1 heterocycles. The summed E-state index contributed by atoms with van der Waals surface area (Å²) in [5, 5.41) is 12.5. The molecule has 0 saturated carbocycles. The lowest BCUT2D eigenvalue weighted by Crippen LogP contribution is -1.96. The number of pyridine rings is 1. The third-order valence-electron chi connectivity index (χ3n) is 2.17. The molecule has 1 aromatic carbocycles. The van der Waals surface area contributed by atoms with E-state index in [1.54, 1.807) is 30.3 Å². The molecule has 0 amide bonds. The summed E-state index contributed by atoms with van der Waals surface area (Å²) in [6.45, 7) is 0. The molecule has 0 saturated heterocycles. The molecule has 0 bridgehead atoms. The number of aldehydes is 1. The van der Waals surface area contributed by atoms with Gasteiger partial charge in [0.1, 0.15) is 10.9 Å². The van der Waals surface area contributed by atoms with Gasteiger partial charge in [-0.05, 0) is 30.3 Å². The van der Waals surface area contributed by atoms with Crippen molar-refractivity contribution in [3.05, 3.63) is 47.2 Å². The van der Waals surface area contributed by atoms with E-state index in [9.17, 15) is 4.79 Å². The van der Waals surface area contributed by atoms with E-state index < -0.39 is 0 Å². The van der Waals surface area contributed by atoms with Gasteiger partial charge in [-0.1, -0.05) is 11.6 Å². The van der Waals surface area contributed by atoms with Gasteiger partial charge in [-0.25, -0.2) is 4.98 Å². The number of hydrogen-bond acceptors (Lipinski definition) is 4. The van der Waals surface area contributed by atoms with Crippen molar-refractivity contribution in [2.24, 2.45) is 0 Å². The Balaban J connectivity index is 2.31. The van der Waals surface area contributed by atoms with Crippen LogP contribution in [0.2, 0.25) is 5.15 Å². The second-order valence-electron chi connectivity index (χ2n) is 3.38. The summed E-state index contributed by atoms with van der Waals surface area (Å²) in [5.74, 6) is 0.180. The molecule has 0 atom stereocenters. The third-order valence-corrected chi connectivity index (χ3v) is 2.38. The summed E-state index contributed by atoms with van der Waals surface area (Å²) in [5.41, 5.74) is 1.74. The van der Waals surface area contributed by atoms with E-state index >= 15 is 0 Å². The molecule has 2 N–H and O–H groups in total. The van der Waals surface area contributed by atoms with Gasteiger partial charge in [0.05, 0.1) is 11.3 Å². The van der Waals surface area contributed by atoms with Crippen molar-refractivity contribution in [2.45, 2.75) is 0 Å². The first-order valence-electron chi connectivity index (χ1n) is 4.86. The van der Waals surface area contributed by atoms with E-state index in [-0.39, 0.29) is 5.75 Å². The first-order valence-corrected chi connectivity index (χ1v) is 5.23. The number of halogens is 1. The zero-order valence-corrected chi connectivity index (χ0v) is 9.48. The SMILES string of the molecule is O=Cc1cnc(Cl)cc1Nc1ccc(O)cc1. The van der Waals surface area contributed by atoms with Gasteiger partial charge in [0.2, 0.25) is 0 Å². The molecule has 2 aromatic rings. The molecule has 17 heavy (non-hydrogen) atoms. The summed E-state index contributed by atoms with van der Waals surface area (Å²) in [6, 6.07) is 8.05. The maximum atomic E-state index is 10.8. The van der Waals surface area contributed by atoms with E-state index in [1.165, 1.54) is 6.20 Å². The van der Waals surface area contributed by atoms with Gasteiger partial charge in [0.25, 0.3) is 0 Å². The van der Waals surface area contributed by atoms with Gasteiger partial charge in [0.15, 0.2) is 6.29 Å². The maximum absolute atomic E-state index is 10.8. The fourth-order valence-corrected chi connectivity index (χ4v) is 1.50. The largest absolute Gasteiger partial charge is 0.508 e. The highest BCUT2D eigenvalue weighted by molar-refractivity contribution is 6.29. The standard InChI is InChI=1S/C12H9ClN2O2/c13-12-5-11(8(7-16)6-14-12)15-9-1-3-10(17)4-2-9/h1-7,17H,(H,14,15). The molecule has 0 radical (unpaired) electrons. The summed E-state index contributed by atoms with van der Waals surface area (Å²) < 4.78 is 0. The van der Waals surface area contributed by atoms with E-state index in [0.29, 0.717) is 22.7 Å². The molecule has 0 aliphatic heterocycles. The lowest BCUT2D eigenvalue weighted by Gasteiger charge is -2.08. The molecular weight excluding hydrogens is 240 g/mol. The molecule has 0 aliphatic rings. The molecule has 4 nitrogen and oxygen atoms in total. The number of carbonyl (C=O) groups is 1. The molecule has 0 fully saturated rings. The Bertz CT molecular complexity index is 541. The predicted octanol–water partition coefficient (Wildman–Crippen LogP) is 3.00. The number of aromatic nitrogens is 1. The first kappa shape index (κ1) is 11.4. The smallest absolute Gasteiger partial charge is 0.153 e. The van der Waals surface area contributed by atoms with Crippen LogP contribution in [0, 0.1) is 0 Å². The highest BCUT2D eigenvalue weighted by Crippen LogP contribution is 2.23. The Morgan fingerprint density at radius 3 is 2.65 bits per heavy atom. The van der Waals surface area contributed by atoms with Gasteiger partial charge in [-0.15, -0.1) is 0 Å². The average Bonchev–Trinajstić information content (AvgIpc) is 2.32. The van der Waals surface area contributed by atoms with Gasteiger partial charge < -0.3 is 10.4 Å². The minimum atomic E-state index is 0.180. The summed E-state index contributed by atoms with van der Waals surface area (Å²) in [6.07, 6.45) is 2.10. The van der Waals surface area contributed by atoms with Crippen LogP contribution in [0.25, 0.3) is 0 Å². The number of phenolic OH excluding ortho intramolecular Hbond substituents is 1. The molecule has 2 rings (SSSR count). The minimum absolute atomic E-state index is 0.180. The van der Waals surface area contributed by atoms with E-state index in [2.05, 4.69) is 10.3 Å². The number of rotatable bonds is 3. The highest BCUT2D eigenvalue weighted by atomic mass is 35.5. The van der Waals surface area contributed by atoms with Crippen LogP contribution in [0.3, 0.4) is 0 Å². The van der Waals surface area contributed by atoms with Crippen molar-refractivity contribution in [1.82, 2.24) is 4.98 Å². The first-order chi connectivity index (χ1) is 8.19. The number of carbonyl (C=O) groups excluding carboxylic acids is 1. The van der Waals surface area contributed by atoms with Gasteiger partial charge in [-0.3, -0.25) is 4.79 Å². The van der Waals surface area contributed by atoms with Crippen molar-refractivity contribution < 1.29 is 9.90 Å². The lowest BCUT2D eigenvalue weighted by atomic mass is 10.2. The lowest BCUT2D eigenvalue weighted by molar-refractivity contribution is 0.112. The number of aromatic hydroxyl groups is 1. The van der Waals surface area contributed by atoms with Crippen molar-refractivity contribution in [3.8, 4) is 5.75 Å². The fraction of sp³-hybridized carbons (Fsp3) is 0. The Hall–Kier alpha value is -2.07. The predicted molar refractivity (Wildman–Crippen MR) is 66.0 cm³/mol. The second kappa shape index (κ2) is 4.84. The quantitative estimate of drug-likeness (QED) is 0.498. The van der Waals surface area contributed by atoms with Crippen molar-refractivity contribution in [2.75, 3.05) is 5.32 Å². The maximum Gasteiger partial charge on any atom is 0.153 e. The zero-order valence-electron chi connectivity index (χ0n) is 8.72. The summed E-state index contributed by atoms with van der Waals surface area (Å²) in [4.78, 5) is 14.6. The molecule has 0 unspecified atom stereocenters. The number of nitrogens with zero attached hydrogens (tertiary/aromatic N) is 1. The van der Waals surface area contributed by atoms with Gasteiger partial charge >= 0.3 is 0 Å². The van der Waals surface area contributed by atoms with Crippen molar-refractivity contribution >= 4 is 29.3 Å². The molecule has 1 aromatic heterocycles. The van der Waals surface area contributed by atoms with Crippen LogP contribution >= 0.6 is 11.6 Å². The summed E-state index contributed by atoms with van der Waals surface area (Å²) in [7, 11) is 0. The van der Waals surface area contributed by atoms with Crippen LogP contribution in [0.1, 0.15) is 10.4 Å². The molecule has 0 aliphatic carbocycles. The number of benzene rings is 1. The van der Waals surface area contributed by atoms with E-state index in [0.717, 1.165) is 5.69 Å². The van der Waals surface area contributed by atoms with Gasteiger partial charge in [0, 0.05) is 11.9 Å². The van der Waals surface area contributed by atoms with Crippen LogP contribution < -0.4 is 5.32 Å². The average molecular weight is 249 g/mol. The Morgan fingerprint density at radius 2 is 2.00 bits per heavy atom. The zero-order chi connectivity index (χ0) is 12.3. The summed E-state index contributed by atoms with van der Waals surface area (Å²) >= 11 is 5.76. The number of nitrogens with one attached hydrogen (secondary N) is 1. The van der Waals surface area contributed by atoms with Gasteiger partial charge in [-0.2, -0.15) is 0 Å².